The Morgan fingerprint density at radius 2 is 1.78 bits per heavy atom. The van der Waals surface area contributed by atoms with Crippen LogP contribution in [0.3, 0.4) is 0 Å². The minimum Gasteiger partial charge on any atom is -0.495 e. The van der Waals surface area contributed by atoms with Crippen LogP contribution >= 0.6 is 23.4 Å². The summed E-state index contributed by atoms with van der Waals surface area (Å²) in [5.74, 6) is -4.06. The molecule has 3 fully saturated rings. The highest BCUT2D eigenvalue weighted by Crippen LogP contribution is 2.49. The van der Waals surface area contributed by atoms with Crippen molar-refractivity contribution in [2.75, 3.05) is 58.7 Å². The smallest absolute Gasteiger partial charge is 0.409 e. The monoisotopic (exact) mass is 1050 g/mol. The van der Waals surface area contributed by atoms with Gasteiger partial charge in [0.05, 0.1) is 50.7 Å². The number of hydroxylamine groups is 2. The summed E-state index contributed by atoms with van der Waals surface area (Å²) < 4.78 is 34.2. The van der Waals surface area contributed by atoms with Gasteiger partial charge < -0.3 is 53.5 Å². The number of ether oxygens (including phenoxy) is 6. The molecule has 0 aliphatic carbocycles. The zero-order valence-electron chi connectivity index (χ0n) is 42.5. The van der Waals surface area contributed by atoms with Crippen molar-refractivity contribution in [1.82, 2.24) is 20.6 Å². The first kappa shape index (κ1) is 57.6. The second kappa shape index (κ2) is 24.6. The molecule has 398 valence electrons. The highest BCUT2D eigenvalue weighted by atomic mass is 35.5. The molecule has 4 heterocycles. The van der Waals surface area contributed by atoms with E-state index in [4.69, 9.17) is 44.9 Å². The minimum atomic E-state index is -1.88. The molecular formula is C49H68ClN5O16S. The number of hydrogen-bond donors (Lipinski definition) is 3. The fraction of sp³-hybridized carbons (Fsp3) is 0.633. The molecule has 23 heteroatoms. The Balaban J connectivity index is 1.21. The quantitative estimate of drug-likeness (QED) is 0.0814. The lowest BCUT2D eigenvalue weighted by atomic mass is 9.83. The highest BCUT2D eigenvalue weighted by Gasteiger charge is 2.64. The lowest BCUT2D eigenvalue weighted by molar-refractivity contribution is -0.198. The molecule has 0 saturated carbocycles. The Bertz CT molecular complexity index is 2280. The molecule has 4 aliphatic heterocycles. The van der Waals surface area contributed by atoms with Gasteiger partial charge in [0.2, 0.25) is 17.7 Å². The summed E-state index contributed by atoms with van der Waals surface area (Å²) in [6.07, 6.45) is 0.586. The molecule has 72 heavy (non-hydrogen) atoms. The SMILES string of the molecule is COc1cc2cc(c1Cl)N(C)C(=O)C[C@H](OC(=O)[C@H](C)N(C)C(=O)CCC(C)(C)SCC(=O)NCCOCCC(=O)ON1C(=O)CCC1=O)[C@]1(C)O[C@H]1[C@H](C)[C@@H]1C[C@@](O)(NC(=O)O1)[C@H](OC)/C=C/C=C(\C)C2. The Morgan fingerprint density at radius 1 is 1.08 bits per heavy atom. The van der Waals surface area contributed by atoms with Crippen LogP contribution in [-0.4, -0.2) is 163 Å². The Morgan fingerprint density at radius 3 is 2.44 bits per heavy atom. The number of likely N-dealkylation sites (N-methyl/N-ethyl adjacent to an activating group) is 1. The van der Waals surface area contributed by atoms with Crippen LogP contribution in [0.25, 0.3) is 0 Å². The third kappa shape index (κ3) is 14.7. The summed E-state index contributed by atoms with van der Waals surface area (Å²) >= 11 is 8.14. The number of rotatable bonds is 18. The number of benzene rings is 1. The zero-order chi connectivity index (χ0) is 53.3. The molecule has 1 aromatic rings. The van der Waals surface area contributed by atoms with E-state index < -0.39 is 88.2 Å². The number of halogens is 1. The normalized spacial score (nSPS) is 27.3. The molecule has 6 amide bonds. The number of aliphatic hydroxyl groups is 1. The Labute approximate surface area is 428 Å². The van der Waals surface area contributed by atoms with E-state index in [-0.39, 0.29) is 80.9 Å². The van der Waals surface area contributed by atoms with Crippen molar-refractivity contribution in [1.29, 1.82) is 0 Å². The van der Waals surface area contributed by atoms with Crippen molar-refractivity contribution in [3.05, 3.63) is 46.5 Å². The van der Waals surface area contributed by atoms with Gasteiger partial charge in [0.25, 0.3) is 11.8 Å². The molecule has 0 unspecified atom stereocenters. The second-order valence-corrected chi connectivity index (χ2v) is 21.3. The standard InChI is InChI=1S/C49H68ClN5O16S/c1-28-12-11-13-35(66-10)49(64)26-34(68-46(63)52-49)29(2)44-48(6,70-44)36(25-41(60)54(8)32-23-31(22-28)24-33(65-9)43(32)50)69-45(62)30(3)53(7)38(57)16-18-47(4,5)72-27-37(56)51-19-21-67-20-17-42(61)71-55-39(58)14-15-40(55)59/h11-13,23-24,29-30,34-36,44,64H,14-22,25-27H2,1-10H3,(H,51,56)(H,52,63)/b13-11+,28-12+/t29-,30+,34+,35-,36+,44+,48+,49+/m1/s1. The summed E-state index contributed by atoms with van der Waals surface area (Å²) in [4.78, 5) is 110. The summed E-state index contributed by atoms with van der Waals surface area (Å²) in [6.45, 7) is 10.9. The number of amides is 6. The van der Waals surface area contributed by atoms with Crippen LogP contribution in [0.15, 0.2) is 35.9 Å². The van der Waals surface area contributed by atoms with Gasteiger partial charge in [-0.2, -0.15) is 0 Å². The molecule has 0 radical (unpaired) electrons. The van der Waals surface area contributed by atoms with Crippen LogP contribution in [0, 0.1) is 5.92 Å². The molecule has 4 bridgehead atoms. The topological polar surface area (TPSA) is 258 Å². The fourth-order valence-corrected chi connectivity index (χ4v) is 9.70. The van der Waals surface area contributed by atoms with Crippen molar-refractivity contribution in [2.24, 2.45) is 5.92 Å². The maximum Gasteiger partial charge on any atom is 0.409 e. The van der Waals surface area contributed by atoms with Gasteiger partial charge in [0.15, 0.2) is 5.72 Å². The van der Waals surface area contributed by atoms with Gasteiger partial charge in [0, 0.05) is 64.1 Å². The molecule has 0 aromatic heterocycles. The van der Waals surface area contributed by atoms with Crippen molar-refractivity contribution in [3.63, 3.8) is 0 Å². The predicted octanol–water partition coefficient (Wildman–Crippen LogP) is 3.94. The van der Waals surface area contributed by atoms with Gasteiger partial charge in [-0.15, -0.1) is 16.8 Å². The van der Waals surface area contributed by atoms with Crippen LogP contribution in [0.5, 0.6) is 5.75 Å². The maximum atomic E-state index is 14.3. The number of hydrogen-bond acceptors (Lipinski definition) is 17. The minimum absolute atomic E-state index is 0.00785. The van der Waals surface area contributed by atoms with E-state index in [0.29, 0.717) is 29.3 Å². The number of nitrogens with one attached hydrogen (secondary N) is 2. The van der Waals surface area contributed by atoms with Gasteiger partial charge in [-0.3, -0.25) is 29.3 Å². The molecule has 0 spiro atoms. The first-order valence-electron chi connectivity index (χ1n) is 23.7. The average Bonchev–Trinajstić information content (AvgIpc) is 3.93. The summed E-state index contributed by atoms with van der Waals surface area (Å²) in [5, 5.41) is 17.7. The molecule has 3 saturated heterocycles. The number of nitrogens with zero attached hydrogens (tertiary/aromatic N) is 3. The average molecular weight is 1050 g/mol. The van der Waals surface area contributed by atoms with Gasteiger partial charge >= 0.3 is 18.0 Å². The third-order valence-corrected chi connectivity index (χ3v) is 15.0. The first-order valence-corrected chi connectivity index (χ1v) is 25.1. The van der Waals surface area contributed by atoms with Crippen LogP contribution in [0.2, 0.25) is 5.02 Å². The number of allylic oxidation sites excluding steroid dienone is 3. The second-order valence-electron chi connectivity index (χ2n) is 19.2. The number of epoxide rings is 1. The lowest BCUT2D eigenvalue weighted by Gasteiger charge is -2.42. The van der Waals surface area contributed by atoms with E-state index in [2.05, 4.69) is 10.6 Å². The number of esters is 1. The zero-order valence-corrected chi connectivity index (χ0v) is 44.1. The summed E-state index contributed by atoms with van der Waals surface area (Å²) in [5.41, 5.74) is -1.16. The molecular weight excluding hydrogens is 982 g/mol. The lowest BCUT2D eigenvalue weighted by Crippen LogP contribution is -2.63. The van der Waals surface area contributed by atoms with Gasteiger partial charge in [-0.25, -0.2) is 14.4 Å². The number of carbonyl (C=O) groups excluding carboxylic acids is 8. The Hall–Kier alpha value is -5.26. The third-order valence-electron chi connectivity index (χ3n) is 13.3. The van der Waals surface area contributed by atoms with Crippen LogP contribution in [-0.2, 0) is 68.5 Å². The molecule has 1 aromatic carbocycles. The van der Waals surface area contributed by atoms with Crippen molar-refractivity contribution >= 4 is 76.6 Å². The van der Waals surface area contributed by atoms with E-state index >= 15 is 0 Å². The number of fused-ring (bicyclic) bond motifs is 5. The predicted molar refractivity (Wildman–Crippen MR) is 262 cm³/mol. The number of anilines is 1. The van der Waals surface area contributed by atoms with Crippen LogP contribution in [0.1, 0.15) is 92.1 Å². The number of imide groups is 1. The van der Waals surface area contributed by atoms with Crippen molar-refractivity contribution in [2.45, 2.75) is 139 Å². The van der Waals surface area contributed by atoms with Crippen molar-refractivity contribution < 1.29 is 76.7 Å². The molecule has 21 nitrogen and oxygen atoms in total. The number of methoxy groups -OCH3 is 2. The summed E-state index contributed by atoms with van der Waals surface area (Å²) in [7, 11) is 5.90. The number of carbonyl (C=O) groups is 8. The van der Waals surface area contributed by atoms with Crippen LogP contribution in [0.4, 0.5) is 10.5 Å². The summed E-state index contributed by atoms with van der Waals surface area (Å²) in [6, 6.07) is 2.42. The molecule has 4 aliphatic rings. The largest absolute Gasteiger partial charge is 0.495 e. The fourth-order valence-electron chi connectivity index (χ4n) is 8.51. The molecule has 5 rings (SSSR count). The van der Waals surface area contributed by atoms with Gasteiger partial charge in [-0.1, -0.05) is 56.2 Å². The molecule has 8 atom stereocenters. The van der Waals surface area contributed by atoms with E-state index in [1.807, 2.05) is 26.8 Å². The van der Waals surface area contributed by atoms with Crippen molar-refractivity contribution in [3.8, 4) is 5.75 Å². The number of thioether (sulfide) groups is 1. The van der Waals surface area contributed by atoms with E-state index in [1.165, 1.54) is 49.8 Å². The Kier molecular flexibility index (Phi) is 19.7. The molecule has 3 N–H and O–H groups in total. The van der Waals surface area contributed by atoms with Gasteiger partial charge in [0.1, 0.15) is 40.7 Å². The maximum absolute atomic E-state index is 14.3. The highest BCUT2D eigenvalue weighted by molar-refractivity contribution is 8.01. The van der Waals surface area contributed by atoms with E-state index in [9.17, 15) is 43.5 Å². The van der Waals surface area contributed by atoms with Crippen LogP contribution < -0.4 is 20.3 Å². The van der Waals surface area contributed by atoms with E-state index in [0.717, 1.165) is 11.1 Å². The number of alkyl carbamates (subject to hydrolysis) is 1. The van der Waals surface area contributed by atoms with Gasteiger partial charge in [-0.05, 0) is 51.3 Å². The first-order chi connectivity index (χ1) is 33.8. The van der Waals surface area contributed by atoms with E-state index in [1.54, 1.807) is 45.2 Å².